The Morgan fingerprint density at radius 1 is 1.32 bits per heavy atom. The van der Waals surface area contributed by atoms with Crippen molar-refractivity contribution in [2.45, 2.75) is 52.0 Å². The monoisotopic (exact) mass is 256 g/mol. The second-order valence-electron chi connectivity index (χ2n) is 6.34. The van der Waals surface area contributed by atoms with Crippen LogP contribution in [0.1, 0.15) is 52.0 Å². The number of nitriles is 1. The summed E-state index contributed by atoms with van der Waals surface area (Å²) in [5.74, 6) is 0.621. The molecule has 1 atom stereocenters. The molecule has 102 valence electrons. The van der Waals surface area contributed by atoms with Gasteiger partial charge in [-0.25, -0.2) is 0 Å². The Bertz CT molecular complexity index is 482. The summed E-state index contributed by atoms with van der Waals surface area (Å²) in [6, 6.07) is 11.1. The standard InChI is InChI=1S/C17H24N2/c1-13(2)15-9-5-6-10-16(15)19-11-7-8-14(12-18)17(19,3)4/h5-6,9-10,13-14H,7-8,11H2,1-4H3. The fourth-order valence-electron chi connectivity index (χ4n) is 3.16. The molecule has 0 radical (unpaired) electrons. The van der Waals surface area contributed by atoms with E-state index in [0.29, 0.717) is 5.92 Å². The molecule has 2 nitrogen and oxygen atoms in total. The highest BCUT2D eigenvalue weighted by Crippen LogP contribution is 2.39. The molecule has 1 aliphatic heterocycles. The smallest absolute Gasteiger partial charge is 0.0690 e. The lowest BCUT2D eigenvalue weighted by molar-refractivity contribution is 0.292. The molecule has 0 aromatic heterocycles. The van der Waals surface area contributed by atoms with E-state index in [1.54, 1.807) is 0 Å². The van der Waals surface area contributed by atoms with Crippen LogP contribution in [-0.2, 0) is 0 Å². The van der Waals surface area contributed by atoms with Gasteiger partial charge in [0, 0.05) is 12.2 Å². The average molecular weight is 256 g/mol. The Balaban J connectivity index is 2.44. The van der Waals surface area contributed by atoms with E-state index in [9.17, 15) is 5.26 Å². The Morgan fingerprint density at radius 2 is 2.00 bits per heavy atom. The van der Waals surface area contributed by atoms with Crippen molar-refractivity contribution in [1.29, 1.82) is 5.26 Å². The molecule has 1 aromatic carbocycles. The van der Waals surface area contributed by atoms with Crippen LogP contribution in [0.4, 0.5) is 5.69 Å². The Morgan fingerprint density at radius 3 is 2.63 bits per heavy atom. The summed E-state index contributed by atoms with van der Waals surface area (Å²) in [5, 5.41) is 9.39. The van der Waals surface area contributed by atoms with Gasteiger partial charge < -0.3 is 4.90 Å². The summed E-state index contributed by atoms with van der Waals surface area (Å²) in [6.07, 6.45) is 2.12. The molecule has 0 bridgehead atoms. The van der Waals surface area contributed by atoms with Gasteiger partial charge in [0.15, 0.2) is 0 Å². The van der Waals surface area contributed by atoms with Gasteiger partial charge >= 0.3 is 0 Å². The number of piperidine rings is 1. The van der Waals surface area contributed by atoms with Gasteiger partial charge in [0.2, 0.25) is 0 Å². The summed E-state index contributed by atoms with van der Waals surface area (Å²) in [4.78, 5) is 2.44. The first-order chi connectivity index (χ1) is 8.98. The van der Waals surface area contributed by atoms with Crippen LogP contribution in [0.3, 0.4) is 0 Å². The van der Waals surface area contributed by atoms with Gasteiger partial charge in [0.25, 0.3) is 0 Å². The maximum absolute atomic E-state index is 9.39. The van der Waals surface area contributed by atoms with Gasteiger partial charge in [-0.2, -0.15) is 5.26 Å². The maximum Gasteiger partial charge on any atom is 0.0690 e. The molecule has 1 fully saturated rings. The third kappa shape index (κ3) is 2.47. The third-order valence-corrected chi connectivity index (χ3v) is 4.43. The number of hydrogen-bond acceptors (Lipinski definition) is 2. The zero-order chi connectivity index (χ0) is 14.0. The van der Waals surface area contributed by atoms with Crippen LogP contribution in [0.2, 0.25) is 0 Å². The molecule has 1 aliphatic rings. The Labute approximate surface area is 117 Å². The van der Waals surface area contributed by atoms with E-state index in [0.717, 1.165) is 19.4 Å². The highest BCUT2D eigenvalue weighted by Gasteiger charge is 2.39. The zero-order valence-electron chi connectivity index (χ0n) is 12.5. The number of anilines is 1. The molecule has 1 aromatic rings. The SMILES string of the molecule is CC(C)c1ccccc1N1CCCC(C#N)C1(C)C. The first-order valence-corrected chi connectivity index (χ1v) is 7.24. The maximum atomic E-state index is 9.39. The van der Waals surface area contributed by atoms with E-state index in [-0.39, 0.29) is 11.5 Å². The molecule has 2 rings (SSSR count). The molecular weight excluding hydrogens is 232 g/mol. The first kappa shape index (κ1) is 13.9. The molecule has 2 heteroatoms. The highest BCUT2D eigenvalue weighted by atomic mass is 15.2. The zero-order valence-corrected chi connectivity index (χ0v) is 12.5. The van der Waals surface area contributed by atoms with Crippen LogP contribution in [0.25, 0.3) is 0 Å². The Hall–Kier alpha value is -1.49. The predicted molar refractivity (Wildman–Crippen MR) is 80.3 cm³/mol. The topological polar surface area (TPSA) is 27.0 Å². The molecular formula is C17H24N2. The molecule has 1 heterocycles. The van der Waals surface area contributed by atoms with Gasteiger partial charge in [-0.05, 0) is 44.2 Å². The molecule has 1 saturated heterocycles. The lowest BCUT2D eigenvalue weighted by atomic mass is 9.79. The molecule has 0 aliphatic carbocycles. The van der Waals surface area contributed by atoms with Crippen LogP contribution >= 0.6 is 0 Å². The second-order valence-corrected chi connectivity index (χ2v) is 6.34. The van der Waals surface area contributed by atoms with Crippen molar-refractivity contribution in [2.24, 2.45) is 5.92 Å². The number of hydrogen-bond donors (Lipinski definition) is 0. The molecule has 1 unspecified atom stereocenters. The lowest BCUT2D eigenvalue weighted by Gasteiger charge is -2.48. The van der Waals surface area contributed by atoms with Crippen molar-refractivity contribution in [2.75, 3.05) is 11.4 Å². The fourth-order valence-corrected chi connectivity index (χ4v) is 3.16. The molecule has 0 saturated carbocycles. The van der Waals surface area contributed by atoms with E-state index < -0.39 is 0 Å². The largest absolute Gasteiger partial charge is 0.365 e. The van der Waals surface area contributed by atoms with Crippen LogP contribution in [0.5, 0.6) is 0 Å². The highest BCUT2D eigenvalue weighted by molar-refractivity contribution is 5.57. The summed E-state index contributed by atoms with van der Waals surface area (Å²) >= 11 is 0. The van der Waals surface area contributed by atoms with E-state index in [4.69, 9.17) is 0 Å². The normalized spacial score (nSPS) is 22.3. The van der Waals surface area contributed by atoms with Gasteiger partial charge in [0.1, 0.15) is 0 Å². The van der Waals surface area contributed by atoms with Crippen molar-refractivity contribution in [1.82, 2.24) is 0 Å². The summed E-state index contributed by atoms with van der Waals surface area (Å²) in [6.45, 7) is 9.93. The quantitative estimate of drug-likeness (QED) is 0.787. The minimum Gasteiger partial charge on any atom is -0.365 e. The van der Waals surface area contributed by atoms with Crippen molar-refractivity contribution in [3.63, 3.8) is 0 Å². The number of benzene rings is 1. The van der Waals surface area contributed by atoms with Crippen molar-refractivity contribution in [3.8, 4) is 6.07 Å². The molecule has 0 amide bonds. The fraction of sp³-hybridized carbons (Fsp3) is 0.588. The summed E-state index contributed by atoms with van der Waals surface area (Å²) in [5.41, 5.74) is 2.61. The first-order valence-electron chi connectivity index (χ1n) is 7.24. The minimum atomic E-state index is -0.0853. The average Bonchev–Trinajstić information content (AvgIpc) is 2.38. The summed E-state index contributed by atoms with van der Waals surface area (Å²) < 4.78 is 0. The van der Waals surface area contributed by atoms with E-state index in [2.05, 4.69) is 62.9 Å². The van der Waals surface area contributed by atoms with Gasteiger partial charge in [-0.1, -0.05) is 32.0 Å². The number of nitrogens with zero attached hydrogens (tertiary/aromatic N) is 2. The number of rotatable bonds is 2. The van der Waals surface area contributed by atoms with E-state index in [1.165, 1.54) is 11.3 Å². The Kier molecular flexibility index (Phi) is 3.85. The van der Waals surface area contributed by atoms with Crippen LogP contribution in [0, 0.1) is 17.2 Å². The molecule has 19 heavy (non-hydrogen) atoms. The molecule has 0 spiro atoms. The van der Waals surface area contributed by atoms with Crippen LogP contribution in [0.15, 0.2) is 24.3 Å². The molecule has 0 N–H and O–H groups in total. The van der Waals surface area contributed by atoms with Crippen molar-refractivity contribution >= 4 is 5.69 Å². The third-order valence-electron chi connectivity index (χ3n) is 4.43. The lowest BCUT2D eigenvalue weighted by Crippen LogP contribution is -2.53. The van der Waals surface area contributed by atoms with E-state index in [1.807, 2.05) is 0 Å². The predicted octanol–water partition coefficient (Wildman–Crippen LogP) is 4.33. The van der Waals surface area contributed by atoms with E-state index >= 15 is 0 Å². The summed E-state index contributed by atoms with van der Waals surface area (Å²) in [7, 11) is 0. The number of para-hydroxylation sites is 1. The van der Waals surface area contributed by atoms with Gasteiger partial charge in [0.05, 0.1) is 17.5 Å². The van der Waals surface area contributed by atoms with Crippen molar-refractivity contribution in [3.05, 3.63) is 29.8 Å². The van der Waals surface area contributed by atoms with Gasteiger partial charge in [-0.3, -0.25) is 0 Å². The van der Waals surface area contributed by atoms with Crippen LogP contribution in [-0.4, -0.2) is 12.1 Å². The second kappa shape index (κ2) is 5.25. The van der Waals surface area contributed by atoms with Crippen LogP contribution < -0.4 is 4.90 Å². The minimum absolute atomic E-state index is 0.0853. The van der Waals surface area contributed by atoms with Crippen molar-refractivity contribution < 1.29 is 0 Å². The van der Waals surface area contributed by atoms with Gasteiger partial charge in [-0.15, -0.1) is 0 Å².